The molecule has 0 heterocycles. The van der Waals surface area contributed by atoms with Crippen molar-refractivity contribution in [2.75, 3.05) is 0 Å². The van der Waals surface area contributed by atoms with Gasteiger partial charge in [0.25, 0.3) is 0 Å². The van der Waals surface area contributed by atoms with Crippen molar-refractivity contribution in [2.24, 2.45) is 16.5 Å². The Balaban J connectivity index is 2.98. The quantitative estimate of drug-likeness (QED) is 0.548. The molecule has 0 saturated heterocycles. The first-order valence-electron chi connectivity index (χ1n) is 4.63. The number of aryl methyl sites for hydroxylation is 3. The summed E-state index contributed by atoms with van der Waals surface area (Å²) in [5.41, 5.74) is 15.6. The predicted molar refractivity (Wildman–Crippen MR) is 60.2 cm³/mol. The molecule has 76 valence electrons. The molecule has 0 spiro atoms. The van der Waals surface area contributed by atoms with E-state index in [1.807, 2.05) is 0 Å². The van der Waals surface area contributed by atoms with Crippen LogP contribution in [0.2, 0.25) is 0 Å². The molecular formula is C11H17N3. The van der Waals surface area contributed by atoms with E-state index in [9.17, 15) is 0 Å². The molecule has 0 aliphatic rings. The van der Waals surface area contributed by atoms with Crippen LogP contribution < -0.4 is 11.5 Å². The van der Waals surface area contributed by atoms with E-state index in [0.29, 0.717) is 6.54 Å². The minimum Gasteiger partial charge on any atom is -0.370 e. The van der Waals surface area contributed by atoms with Gasteiger partial charge in [-0.2, -0.15) is 0 Å². The van der Waals surface area contributed by atoms with Gasteiger partial charge in [0.15, 0.2) is 5.96 Å². The molecule has 1 rings (SSSR count). The first-order valence-corrected chi connectivity index (χ1v) is 4.63. The Morgan fingerprint density at radius 1 is 1.07 bits per heavy atom. The van der Waals surface area contributed by atoms with Crippen LogP contribution in [-0.2, 0) is 6.54 Å². The highest BCUT2D eigenvalue weighted by molar-refractivity contribution is 5.75. The first kappa shape index (κ1) is 10.6. The standard InChI is InChI=1S/C11H17N3/c1-7-4-9(3)10(5-8(7)2)6-14-11(12)13/h4-5H,6H2,1-3H3,(H4,12,13,14). The van der Waals surface area contributed by atoms with Crippen LogP contribution in [0.3, 0.4) is 0 Å². The molecule has 0 aromatic heterocycles. The van der Waals surface area contributed by atoms with Gasteiger partial charge in [-0.25, -0.2) is 4.99 Å². The van der Waals surface area contributed by atoms with E-state index in [2.05, 4.69) is 37.9 Å². The molecule has 1 aromatic rings. The molecule has 4 N–H and O–H groups in total. The van der Waals surface area contributed by atoms with E-state index in [1.165, 1.54) is 22.3 Å². The fraction of sp³-hybridized carbons (Fsp3) is 0.364. The van der Waals surface area contributed by atoms with Crippen molar-refractivity contribution in [1.29, 1.82) is 0 Å². The molecule has 0 unspecified atom stereocenters. The molecule has 1 aromatic carbocycles. The summed E-state index contributed by atoms with van der Waals surface area (Å²) in [6.45, 7) is 6.83. The third kappa shape index (κ3) is 2.49. The number of nitrogens with two attached hydrogens (primary N) is 2. The molecule has 3 heteroatoms. The van der Waals surface area contributed by atoms with Crippen LogP contribution in [0.4, 0.5) is 0 Å². The van der Waals surface area contributed by atoms with E-state index in [4.69, 9.17) is 11.5 Å². The number of guanidine groups is 1. The molecule has 0 amide bonds. The average molecular weight is 191 g/mol. The minimum atomic E-state index is 0.141. The number of rotatable bonds is 2. The molecule has 0 bridgehead atoms. The highest BCUT2D eigenvalue weighted by atomic mass is 15.0. The molecule has 14 heavy (non-hydrogen) atoms. The summed E-state index contributed by atoms with van der Waals surface area (Å²) in [6, 6.07) is 4.30. The summed E-state index contributed by atoms with van der Waals surface area (Å²) in [6.07, 6.45) is 0. The van der Waals surface area contributed by atoms with Crippen LogP contribution in [0.1, 0.15) is 22.3 Å². The zero-order valence-electron chi connectivity index (χ0n) is 8.96. The summed E-state index contributed by atoms with van der Waals surface area (Å²) in [5, 5.41) is 0. The maximum atomic E-state index is 5.29. The van der Waals surface area contributed by atoms with E-state index < -0.39 is 0 Å². The van der Waals surface area contributed by atoms with Gasteiger partial charge in [0.2, 0.25) is 0 Å². The smallest absolute Gasteiger partial charge is 0.186 e. The van der Waals surface area contributed by atoms with Crippen molar-refractivity contribution in [2.45, 2.75) is 27.3 Å². The minimum absolute atomic E-state index is 0.141. The SMILES string of the molecule is Cc1cc(C)c(CN=C(N)N)cc1C. The Bertz CT molecular complexity index is 363. The van der Waals surface area contributed by atoms with Gasteiger partial charge in [-0.1, -0.05) is 12.1 Å². The van der Waals surface area contributed by atoms with Gasteiger partial charge in [-0.15, -0.1) is 0 Å². The van der Waals surface area contributed by atoms with E-state index in [-0.39, 0.29) is 5.96 Å². The van der Waals surface area contributed by atoms with Crippen LogP contribution in [0.25, 0.3) is 0 Å². The maximum absolute atomic E-state index is 5.29. The maximum Gasteiger partial charge on any atom is 0.186 e. The molecule has 0 radical (unpaired) electrons. The second-order valence-corrected chi connectivity index (χ2v) is 3.60. The summed E-state index contributed by atoms with van der Waals surface area (Å²) in [5.74, 6) is 0.141. The summed E-state index contributed by atoms with van der Waals surface area (Å²) in [7, 11) is 0. The fourth-order valence-electron chi connectivity index (χ4n) is 1.37. The third-order valence-electron chi connectivity index (χ3n) is 2.38. The van der Waals surface area contributed by atoms with Gasteiger partial charge in [0.05, 0.1) is 6.54 Å². The second-order valence-electron chi connectivity index (χ2n) is 3.60. The molecule has 0 aliphatic carbocycles. The Morgan fingerprint density at radius 2 is 1.64 bits per heavy atom. The van der Waals surface area contributed by atoms with Crippen molar-refractivity contribution in [3.63, 3.8) is 0 Å². The Morgan fingerprint density at radius 3 is 2.21 bits per heavy atom. The van der Waals surface area contributed by atoms with Gasteiger partial charge >= 0.3 is 0 Å². The normalized spacial score (nSPS) is 9.93. The van der Waals surface area contributed by atoms with E-state index in [1.54, 1.807) is 0 Å². The number of hydrogen-bond donors (Lipinski definition) is 2. The van der Waals surface area contributed by atoms with Crippen LogP contribution >= 0.6 is 0 Å². The predicted octanol–water partition coefficient (Wildman–Crippen LogP) is 1.39. The van der Waals surface area contributed by atoms with Crippen LogP contribution in [0, 0.1) is 20.8 Å². The zero-order chi connectivity index (χ0) is 10.7. The average Bonchev–Trinajstić information content (AvgIpc) is 2.09. The molecular weight excluding hydrogens is 174 g/mol. The largest absolute Gasteiger partial charge is 0.370 e. The Labute approximate surface area is 84.8 Å². The number of hydrogen-bond acceptors (Lipinski definition) is 1. The Kier molecular flexibility index (Phi) is 3.12. The van der Waals surface area contributed by atoms with Crippen molar-refractivity contribution in [3.05, 3.63) is 34.4 Å². The van der Waals surface area contributed by atoms with Gasteiger partial charge in [-0.3, -0.25) is 0 Å². The van der Waals surface area contributed by atoms with Gasteiger partial charge in [0, 0.05) is 0 Å². The molecule has 0 fully saturated rings. The summed E-state index contributed by atoms with van der Waals surface area (Å²) >= 11 is 0. The summed E-state index contributed by atoms with van der Waals surface area (Å²) in [4.78, 5) is 4.00. The molecule has 0 aliphatic heterocycles. The Hall–Kier alpha value is -1.51. The highest BCUT2D eigenvalue weighted by Crippen LogP contribution is 2.15. The van der Waals surface area contributed by atoms with Crippen LogP contribution in [0.15, 0.2) is 17.1 Å². The van der Waals surface area contributed by atoms with Crippen LogP contribution in [-0.4, -0.2) is 5.96 Å². The van der Waals surface area contributed by atoms with E-state index >= 15 is 0 Å². The monoisotopic (exact) mass is 191 g/mol. The third-order valence-corrected chi connectivity index (χ3v) is 2.38. The fourth-order valence-corrected chi connectivity index (χ4v) is 1.37. The van der Waals surface area contributed by atoms with Crippen LogP contribution in [0.5, 0.6) is 0 Å². The molecule has 3 nitrogen and oxygen atoms in total. The lowest BCUT2D eigenvalue weighted by Crippen LogP contribution is -2.22. The number of benzene rings is 1. The van der Waals surface area contributed by atoms with E-state index in [0.717, 1.165) is 0 Å². The molecule has 0 saturated carbocycles. The van der Waals surface area contributed by atoms with Gasteiger partial charge in [-0.05, 0) is 43.0 Å². The lowest BCUT2D eigenvalue weighted by Gasteiger charge is -2.07. The van der Waals surface area contributed by atoms with Gasteiger partial charge in [0.1, 0.15) is 0 Å². The lowest BCUT2D eigenvalue weighted by atomic mass is 10.0. The first-order chi connectivity index (χ1) is 6.50. The zero-order valence-corrected chi connectivity index (χ0v) is 8.96. The highest BCUT2D eigenvalue weighted by Gasteiger charge is 2.00. The second kappa shape index (κ2) is 4.13. The lowest BCUT2D eigenvalue weighted by molar-refractivity contribution is 1.03. The van der Waals surface area contributed by atoms with Crippen molar-refractivity contribution >= 4 is 5.96 Å². The topological polar surface area (TPSA) is 64.4 Å². The number of aliphatic imine (C=N–C) groups is 1. The summed E-state index contributed by atoms with van der Waals surface area (Å²) < 4.78 is 0. The van der Waals surface area contributed by atoms with Crippen molar-refractivity contribution in [3.8, 4) is 0 Å². The molecule has 0 atom stereocenters. The van der Waals surface area contributed by atoms with Gasteiger partial charge < -0.3 is 11.5 Å². The van der Waals surface area contributed by atoms with Crippen molar-refractivity contribution < 1.29 is 0 Å². The number of nitrogens with zero attached hydrogens (tertiary/aromatic N) is 1. The van der Waals surface area contributed by atoms with Crippen molar-refractivity contribution in [1.82, 2.24) is 0 Å².